The van der Waals surface area contributed by atoms with Gasteiger partial charge in [-0.25, -0.2) is 4.98 Å². The summed E-state index contributed by atoms with van der Waals surface area (Å²) < 4.78 is 5.45. The molecule has 0 unspecified atom stereocenters. The number of ether oxygens (including phenoxy) is 1. The zero-order chi connectivity index (χ0) is 15.9. The summed E-state index contributed by atoms with van der Waals surface area (Å²) in [7, 11) is 0. The Balaban J connectivity index is 1.68. The third kappa shape index (κ3) is 2.44. The molecule has 120 valence electrons. The van der Waals surface area contributed by atoms with E-state index in [0.717, 1.165) is 54.4 Å². The van der Waals surface area contributed by atoms with E-state index >= 15 is 0 Å². The molecule has 0 saturated carbocycles. The molecule has 1 saturated heterocycles. The number of hydrogen-bond acceptors (Lipinski definition) is 4. The molecular weight excluding hydrogens is 290 g/mol. The zero-order valence-corrected chi connectivity index (χ0v) is 13.5. The van der Waals surface area contributed by atoms with Gasteiger partial charge in [0.1, 0.15) is 5.82 Å². The second-order valence-electron chi connectivity index (χ2n) is 6.41. The fourth-order valence-electron chi connectivity index (χ4n) is 3.18. The number of aromatic nitrogens is 4. The fourth-order valence-corrected chi connectivity index (χ4v) is 3.18. The molecule has 0 radical (unpaired) electrons. The SMILES string of the molecule is CC(C)(c1nc(-c2c[nH]c3ccccc23)n[nH]1)N1CCOCC1. The van der Waals surface area contributed by atoms with Crippen LogP contribution in [0.4, 0.5) is 0 Å². The van der Waals surface area contributed by atoms with Crippen molar-refractivity contribution in [1.29, 1.82) is 0 Å². The van der Waals surface area contributed by atoms with Crippen LogP contribution in [0.2, 0.25) is 0 Å². The lowest BCUT2D eigenvalue weighted by atomic mass is 10.0. The van der Waals surface area contributed by atoms with Crippen LogP contribution in [0.3, 0.4) is 0 Å². The van der Waals surface area contributed by atoms with Crippen LogP contribution in [0.25, 0.3) is 22.3 Å². The second kappa shape index (κ2) is 5.47. The molecule has 1 fully saturated rings. The molecule has 0 aliphatic carbocycles. The van der Waals surface area contributed by atoms with Gasteiger partial charge in [0, 0.05) is 35.8 Å². The summed E-state index contributed by atoms with van der Waals surface area (Å²) in [4.78, 5) is 10.4. The number of H-pyrrole nitrogens is 2. The van der Waals surface area contributed by atoms with E-state index in [1.165, 1.54) is 0 Å². The summed E-state index contributed by atoms with van der Waals surface area (Å²) in [5.41, 5.74) is 1.93. The quantitative estimate of drug-likeness (QED) is 0.780. The summed E-state index contributed by atoms with van der Waals surface area (Å²) in [6.45, 7) is 7.72. The van der Waals surface area contributed by atoms with Crippen molar-refractivity contribution < 1.29 is 4.74 Å². The van der Waals surface area contributed by atoms with Crippen LogP contribution >= 0.6 is 0 Å². The van der Waals surface area contributed by atoms with Crippen molar-refractivity contribution in [3.05, 3.63) is 36.3 Å². The number of nitrogens with zero attached hydrogens (tertiary/aromatic N) is 3. The molecule has 1 aliphatic rings. The maximum absolute atomic E-state index is 5.45. The highest BCUT2D eigenvalue weighted by Crippen LogP contribution is 2.30. The van der Waals surface area contributed by atoms with Crippen molar-refractivity contribution >= 4 is 10.9 Å². The molecule has 6 heteroatoms. The number of benzene rings is 1. The maximum atomic E-state index is 5.45. The number of aromatic amines is 2. The van der Waals surface area contributed by atoms with Gasteiger partial charge in [0.15, 0.2) is 5.82 Å². The smallest absolute Gasteiger partial charge is 0.183 e. The van der Waals surface area contributed by atoms with E-state index in [-0.39, 0.29) is 5.54 Å². The monoisotopic (exact) mass is 311 g/mol. The fraction of sp³-hybridized carbons (Fsp3) is 0.412. The molecule has 4 rings (SSSR count). The Hall–Kier alpha value is -2.18. The van der Waals surface area contributed by atoms with E-state index in [2.05, 4.69) is 46.1 Å². The van der Waals surface area contributed by atoms with Crippen LogP contribution in [0.5, 0.6) is 0 Å². The van der Waals surface area contributed by atoms with Gasteiger partial charge in [-0.05, 0) is 19.9 Å². The summed E-state index contributed by atoms with van der Waals surface area (Å²) in [6, 6.07) is 8.20. The summed E-state index contributed by atoms with van der Waals surface area (Å²) in [5, 5.41) is 8.74. The van der Waals surface area contributed by atoms with Gasteiger partial charge in [0.25, 0.3) is 0 Å². The minimum atomic E-state index is -0.193. The normalized spacial score (nSPS) is 17.0. The van der Waals surface area contributed by atoms with Crippen LogP contribution in [-0.2, 0) is 10.3 Å². The van der Waals surface area contributed by atoms with Gasteiger partial charge in [-0.2, -0.15) is 5.10 Å². The number of rotatable bonds is 3. The van der Waals surface area contributed by atoms with Gasteiger partial charge in [-0.3, -0.25) is 10.00 Å². The highest BCUT2D eigenvalue weighted by Gasteiger charge is 2.33. The van der Waals surface area contributed by atoms with Crippen LogP contribution in [0.15, 0.2) is 30.5 Å². The lowest BCUT2D eigenvalue weighted by Gasteiger charge is -2.39. The van der Waals surface area contributed by atoms with Gasteiger partial charge in [-0.15, -0.1) is 0 Å². The molecule has 2 aromatic heterocycles. The molecule has 23 heavy (non-hydrogen) atoms. The summed E-state index contributed by atoms with van der Waals surface area (Å²) in [6.07, 6.45) is 1.97. The number of para-hydroxylation sites is 1. The number of fused-ring (bicyclic) bond motifs is 1. The average molecular weight is 311 g/mol. The number of hydrogen-bond donors (Lipinski definition) is 2. The molecule has 0 bridgehead atoms. The Morgan fingerprint density at radius 1 is 1.17 bits per heavy atom. The standard InChI is InChI=1S/C17H21N5O/c1-17(2,22-7-9-23-10-8-22)16-19-15(20-21-16)13-11-18-14-6-4-3-5-12(13)14/h3-6,11,18H,7-10H2,1-2H3,(H,19,20,21). The van der Waals surface area contributed by atoms with E-state index in [1.54, 1.807) is 0 Å². The maximum Gasteiger partial charge on any atom is 0.183 e. The predicted molar refractivity (Wildman–Crippen MR) is 89.1 cm³/mol. The zero-order valence-electron chi connectivity index (χ0n) is 13.5. The van der Waals surface area contributed by atoms with E-state index in [9.17, 15) is 0 Å². The van der Waals surface area contributed by atoms with E-state index in [4.69, 9.17) is 9.72 Å². The molecule has 3 aromatic rings. The van der Waals surface area contributed by atoms with Crippen LogP contribution < -0.4 is 0 Å². The third-order valence-electron chi connectivity index (χ3n) is 4.70. The van der Waals surface area contributed by atoms with Crippen LogP contribution in [-0.4, -0.2) is 51.4 Å². The molecular formula is C17H21N5O. The predicted octanol–water partition coefficient (Wildman–Crippen LogP) is 2.52. The van der Waals surface area contributed by atoms with E-state index < -0.39 is 0 Å². The van der Waals surface area contributed by atoms with Crippen molar-refractivity contribution in [3.63, 3.8) is 0 Å². The molecule has 0 atom stereocenters. The minimum absolute atomic E-state index is 0.193. The molecule has 1 aromatic carbocycles. The van der Waals surface area contributed by atoms with Gasteiger partial charge in [0.05, 0.1) is 18.8 Å². The first-order chi connectivity index (χ1) is 11.2. The third-order valence-corrected chi connectivity index (χ3v) is 4.70. The topological polar surface area (TPSA) is 69.8 Å². The summed E-state index contributed by atoms with van der Waals surface area (Å²) >= 11 is 0. The average Bonchev–Trinajstić information content (AvgIpc) is 3.22. The Morgan fingerprint density at radius 3 is 2.78 bits per heavy atom. The Labute approximate surface area is 134 Å². The van der Waals surface area contributed by atoms with Gasteiger partial charge in [0.2, 0.25) is 0 Å². The molecule has 1 aliphatic heterocycles. The van der Waals surface area contributed by atoms with Gasteiger partial charge >= 0.3 is 0 Å². The largest absolute Gasteiger partial charge is 0.379 e. The van der Waals surface area contributed by atoms with E-state index in [1.807, 2.05) is 18.3 Å². The Morgan fingerprint density at radius 2 is 1.96 bits per heavy atom. The first kappa shape index (κ1) is 14.4. The van der Waals surface area contributed by atoms with Gasteiger partial charge < -0.3 is 9.72 Å². The molecule has 0 amide bonds. The molecule has 6 nitrogen and oxygen atoms in total. The van der Waals surface area contributed by atoms with Crippen LogP contribution in [0, 0.1) is 0 Å². The van der Waals surface area contributed by atoms with Crippen molar-refractivity contribution in [2.24, 2.45) is 0 Å². The molecule has 0 spiro atoms. The van der Waals surface area contributed by atoms with Crippen molar-refractivity contribution in [1.82, 2.24) is 25.1 Å². The van der Waals surface area contributed by atoms with Gasteiger partial charge in [-0.1, -0.05) is 18.2 Å². The van der Waals surface area contributed by atoms with Crippen LogP contribution in [0.1, 0.15) is 19.7 Å². The lowest BCUT2D eigenvalue weighted by molar-refractivity contribution is -0.0146. The minimum Gasteiger partial charge on any atom is -0.379 e. The Bertz CT molecular complexity index is 813. The second-order valence-corrected chi connectivity index (χ2v) is 6.41. The van der Waals surface area contributed by atoms with E-state index in [0.29, 0.717) is 0 Å². The number of morpholine rings is 1. The van der Waals surface area contributed by atoms with Crippen molar-refractivity contribution in [3.8, 4) is 11.4 Å². The highest BCUT2D eigenvalue weighted by molar-refractivity contribution is 5.93. The lowest BCUT2D eigenvalue weighted by Crippen LogP contribution is -2.48. The molecule has 3 heterocycles. The first-order valence-corrected chi connectivity index (χ1v) is 7.98. The highest BCUT2D eigenvalue weighted by atomic mass is 16.5. The first-order valence-electron chi connectivity index (χ1n) is 7.98. The van der Waals surface area contributed by atoms with Crippen molar-refractivity contribution in [2.75, 3.05) is 26.3 Å². The number of nitrogens with one attached hydrogen (secondary N) is 2. The Kier molecular flexibility index (Phi) is 3.43. The summed E-state index contributed by atoms with van der Waals surface area (Å²) in [5.74, 6) is 1.62. The van der Waals surface area contributed by atoms with Crippen molar-refractivity contribution in [2.45, 2.75) is 19.4 Å². The molecule has 2 N–H and O–H groups in total.